The van der Waals surface area contributed by atoms with E-state index in [-0.39, 0.29) is 28.0 Å². The van der Waals surface area contributed by atoms with E-state index in [9.17, 15) is 14.9 Å². The molecular weight excluding hydrogens is 290 g/mol. The van der Waals surface area contributed by atoms with Crippen molar-refractivity contribution in [1.29, 1.82) is 0 Å². The third-order valence-corrected chi connectivity index (χ3v) is 2.49. The number of ether oxygens (including phenoxy) is 1. The maximum Gasteiger partial charge on any atom is 0.356 e. The lowest BCUT2D eigenvalue weighted by atomic mass is 10.3. The highest BCUT2D eigenvalue weighted by Crippen LogP contribution is 2.30. The summed E-state index contributed by atoms with van der Waals surface area (Å²) in [6.45, 7) is 0. The largest absolute Gasteiger partial charge is 0.476 e. The highest BCUT2D eigenvalue weighted by Gasteiger charge is 2.13. The van der Waals surface area contributed by atoms with Crippen LogP contribution in [0.2, 0.25) is 5.02 Å². The Labute approximate surface area is 116 Å². The average molecular weight is 296 g/mol. The summed E-state index contributed by atoms with van der Waals surface area (Å²) >= 11 is 5.72. The molecular formula is C11H6ClN3O5. The molecule has 0 aliphatic rings. The van der Waals surface area contributed by atoms with Crippen molar-refractivity contribution >= 4 is 23.3 Å². The number of carbonyl (C=O) groups is 1. The second-order valence-corrected chi connectivity index (χ2v) is 3.92. The van der Waals surface area contributed by atoms with Gasteiger partial charge < -0.3 is 9.84 Å². The number of aromatic carboxylic acids is 1. The molecule has 102 valence electrons. The first-order valence-corrected chi connectivity index (χ1v) is 5.52. The topological polar surface area (TPSA) is 115 Å². The molecule has 20 heavy (non-hydrogen) atoms. The molecule has 0 saturated heterocycles. The lowest BCUT2D eigenvalue weighted by Gasteiger charge is -2.04. The summed E-state index contributed by atoms with van der Waals surface area (Å²) in [4.78, 5) is 27.9. The smallest absolute Gasteiger partial charge is 0.356 e. The van der Waals surface area contributed by atoms with E-state index in [0.717, 1.165) is 12.4 Å². The molecule has 1 aromatic heterocycles. The molecule has 0 aliphatic carbocycles. The summed E-state index contributed by atoms with van der Waals surface area (Å²) in [5.41, 5.74) is -0.467. The molecule has 0 saturated carbocycles. The zero-order valence-electron chi connectivity index (χ0n) is 9.69. The van der Waals surface area contributed by atoms with E-state index in [1.54, 1.807) is 0 Å². The van der Waals surface area contributed by atoms with E-state index in [0.29, 0.717) is 0 Å². The Bertz CT molecular complexity index is 674. The van der Waals surface area contributed by atoms with Crippen LogP contribution in [-0.2, 0) is 0 Å². The number of carboxylic acid groups (broad SMARTS) is 1. The van der Waals surface area contributed by atoms with Crippen LogP contribution in [0.5, 0.6) is 11.6 Å². The van der Waals surface area contributed by atoms with Crippen LogP contribution in [-0.4, -0.2) is 26.0 Å². The van der Waals surface area contributed by atoms with E-state index in [2.05, 4.69) is 9.97 Å². The number of halogens is 1. The molecule has 0 spiro atoms. The van der Waals surface area contributed by atoms with Crippen molar-refractivity contribution in [3.63, 3.8) is 0 Å². The summed E-state index contributed by atoms with van der Waals surface area (Å²) in [5.74, 6) is -0.944. The first-order chi connectivity index (χ1) is 9.47. The van der Waals surface area contributed by atoms with Crippen LogP contribution >= 0.6 is 11.6 Å². The van der Waals surface area contributed by atoms with Gasteiger partial charge in [0.05, 0.1) is 17.3 Å². The Balaban J connectivity index is 2.19. The van der Waals surface area contributed by atoms with Crippen molar-refractivity contribution < 1.29 is 19.6 Å². The standard InChI is InChI=1S/C11H6ClN3O5/c12-7-3-6(1-2-9(7)15(18)19)20-10-5-13-8(4-14-10)11(16)17/h1-5H,(H,16,17). The Morgan fingerprint density at radius 1 is 1.35 bits per heavy atom. The molecule has 1 heterocycles. The molecule has 2 rings (SSSR count). The minimum absolute atomic E-state index is 0.0416. The van der Waals surface area contributed by atoms with Gasteiger partial charge in [-0.1, -0.05) is 11.6 Å². The first-order valence-electron chi connectivity index (χ1n) is 5.14. The Hall–Kier alpha value is -2.74. The van der Waals surface area contributed by atoms with Gasteiger partial charge in [-0.15, -0.1) is 0 Å². The van der Waals surface area contributed by atoms with Crippen LogP contribution in [0.3, 0.4) is 0 Å². The number of rotatable bonds is 4. The monoisotopic (exact) mass is 295 g/mol. The lowest BCUT2D eigenvalue weighted by molar-refractivity contribution is -0.384. The molecule has 1 aromatic carbocycles. The van der Waals surface area contributed by atoms with Gasteiger partial charge in [0.1, 0.15) is 10.8 Å². The summed E-state index contributed by atoms with van der Waals surface area (Å²) in [6.07, 6.45) is 2.16. The molecule has 0 atom stereocenters. The van der Waals surface area contributed by atoms with Gasteiger partial charge in [-0.3, -0.25) is 10.1 Å². The number of nitro groups is 1. The zero-order chi connectivity index (χ0) is 14.7. The first kappa shape index (κ1) is 13.7. The number of benzene rings is 1. The maximum atomic E-state index is 10.6. The number of nitrogens with zero attached hydrogens (tertiary/aromatic N) is 3. The van der Waals surface area contributed by atoms with E-state index in [1.807, 2.05) is 0 Å². The van der Waals surface area contributed by atoms with Gasteiger partial charge in [-0.25, -0.2) is 14.8 Å². The van der Waals surface area contributed by atoms with Crippen LogP contribution in [0.1, 0.15) is 10.5 Å². The van der Waals surface area contributed by atoms with Gasteiger partial charge in [0.25, 0.3) is 5.69 Å². The molecule has 0 fully saturated rings. The van der Waals surface area contributed by atoms with E-state index in [1.165, 1.54) is 18.2 Å². The summed E-state index contributed by atoms with van der Waals surface area (Å²) in [7, 11) is 0. The molecule has 0 bridgehead atoms. The third kappa shape index (κ3) is 2.98. The molecule has 1 N–H and O–H groups in total. The number of hydrogen-bond donors (Lipinski definition) is 1. The summed E-state index contributed by atoms with van der Waals surface area (Å²) in [5, 5.41) is 19.2. The van der Waals surface area contributed by atoms with E-state index in [4.69, 9.17) is 21.4 Å². The lowest BCUT2D eigenvalue weighted by Crippen LogP contribution is -2.01. The third-order valence-electron chi connectivity index (χ3n) is 2.19. The number of carboxylic acids is 1. The van der Waals surface area contributed by atoms with Gasteiger partial charge in [0.15, 0.2) is 5.69 Å². The van der Waals surface area contributed by atoms with Crippen molar-refractivity contribution in [3.8, 4) is 11.6 Å². The normalized spacial score (nSPS) is 10.1. The fourth-order valence-electron chi connectivity index (χ4n) is 1.30. The molecule has 8 nitrogen and oxygen atoms in total. The highest BCUT2D eigenvalue weighted by molar-refractivity contribution is 6.32. The van der Waals surface area contributed by atoms with Crippen molar-refractivity contribution in [2.45, 2.75) is 0 Å². The average Bonchev–Trinajstić information content (AvgIpc) is 2.39. The molecule has 0 radical (unpaired) electrons. The van der Waals surface area contributed by atoms with Gasteiger partial charge in [-0.2, -0.15) is 0 Å². The molecule has 2 aromatic rings. The molecule has 9 heteroatoms. The maximum absolute atomic E-state index is 10.6. The van der Waals surface area contributed by atoms with Crippen molar-refractivity contribution in [3.05, 3.63) is 51.4 Å². The van der Waals surface area contributed by atoms with Crippen LogP contribution in [0, 0.1) is 10.1 Å². The van der Waals surface area contributed by atoms with Crippen LogP contribution < -0.4 is 4.74 Å². The van der Waals surface area contributed by atoms with Crippen molar-refractivity contribution in [1.82, 2.24) is 9.97 Å². The minimum Gasteiger partial charge on any atom is -0.476 e. The highest BCUT2D eigenvalue weighted by atomic mass is 35.5. The molecule has 0 unspecified atom stereocenters. The quantitative estimate of drug-likeness (QED) is 0.680. The van der Waals surface area contributed by atoms with E-state index < -0.39 is 10.9 Å². The predicted molar refractivity (Wildman–Crippen MR) is 67.2 cm³/mol. The SMILES string of the molecule is O=C(O)c1cnc(Oc2ccc([N+](=O)[O-])c(Cl)c2)cn1. The van der Waals surface area contributed by atoms with Gasteiger partial charge >= 0.3 is 5.97 Å². The fraction of sp³-hybridized carbons (Fsp3) is 0. The van der Waals surface area contributed by atoms with Crippen LogP contribution in [0.4, 0.5) is 5.69 Å². The molecule has 0 amide bonds. The van der Waals surface area contributed by atoms with Crippen molar-refractivity contribution in [2.75, 3.05) is 0 Å². The van der Waals surface area contributed by atoms with Gasteiger partial charge in [0.2, 0.25) is 5.88 Å². The second-order valence-electron chi connectivity index (χ2n) is 3.52. The summed E-state index contributed by atoms with van der Waals surface area (Å²) in [6, 6.07) is 3.79. The number of nitro benzene ring substituents is 1. The number of aromatic nitrogens is 2. The second kappa shape index (κ2) is 5.49. The molecule has 0 aliphatic heterocycles. The Morgan fingerprint density at radius 2 is 2.10 bits per heavy atom. The Kier molecular flexibility index (Phi) is 3.76. The number of hydrogen-bond acceptors (Lipinski definition) is 6. The van der Waals surface area contributed by atoms with Crippen LogP contribution in [0.25, 0.3) is 0 Å². The van der Waals surface area contributed by atoms with Gasteiger partial charge in [0, 0.05) is 12.1 Å². The van der Waals surface area contributed by atoms with Gasteiger partial charge in [-0.05, 0) is 6.07 Å². The fourth-order valence-corrected chi connectivity index (χ4v) is 1.54. The minimum atomic E-state index is -1.21. The predicted octanol–water partition coefficient (Wildman–Crippen LogP) is 2.53. The Morgan fingerprint density at radius 3 is 2.60 bits per heavy atom. The van der Waals surface area contributed by atoms with E-state index >= 15 is 0 Å². The zero-order valence-corrected chi connectivity index (χ0v) is 10.4. The summed E-state index contributed by atoms with van der Waals surface area (Å²) < 4.78 is 5.26. The van der Waals surface area contributed by atoms with Crippen molar-refractivity contribution in [2.24, 2.45) is 0 Å². The van der Waals surface area contributed by atoms with Crippen LogP contribution in [0.15, 0.2) is 30.6 Å².